The molecule has 0 saturated carbocycles. The molecule has 23 heavy (non-hydrogen) atoms. The van der Waals surface area contributed by atoms with Crippen LogP contribution in [0.1, 0.15) is 16.5 Å². The summed E-state index contributed by atoms with van der Waals surface area (Å²) in [7, 11) is 0. The van der Waals surface area contributed by atoms with Gasteiger partial charge in [-0.05, 0) is 36.8 Å². The molecule has 0 aliphatic carbocycles. The van der Waals surface area contributed by atoms with Gasteiger partial charge in [-0.15, -0.1) is 0 Å². The molecule has 1 heterocycles. The van der Waals surface area contributed by atoms with E-state index >= 15 is 0 Å². The molecule has 6 heteroatoms. The average Bonchev–Trinajstić information content (AvgIpc) is 2.53. The Balaban J connectivity index is 1.98. The fourth-order valence-electron chi connectivity index (χ4n) is 2.22. The fourth-order valence-corrected chi connectivity index (χ4v) is 3.22. The van der Waals surface area contributed by atoms with Crippen LogP contribution in [0.2, 0.25) is 0 Å². The summed E-state index contributed by atoms with van der Waals surface area (Å²) in [5, 5.41) is -0.0124. The fraction of sp³-hybridized carbons (Fsp3) is 0.118. The maximum absolute atomic E-state index is 13.1. The van der Waals surface area contributed by atoms with Crippen LogP contribution in [0, 0.1) is 12.7 Å². The summed E-state index contributed by atoms with van der Waals surface area (Å²) in [5.74, 6) is -0.861. The molecular formula is C17H14FN3OS. The van der Waals surface area contributed by atoms with Gasteiger partial charge in [-0.25, -0.2) is 14.4 Å². The van der Waals surface area contributed by atoms with Gasteiger partial charge in [0.1, 0.15) is 16.1 Å². The van der Waals surface area contributed by atoms with E-state index in [1.54, 1.807) is 12.1 Å². The lowest BCUT2D eigenvalue weighted by molar-refractivity contribution is -0.117. The molecule has 2 aromatic carbocycles. The third-order valence-corrected chi connectivity index (χ3v) is 4.71. The van der Waals surface area contributed by atoms with Crippen LogP contribution in [0.3, 0.4) is 0 Å². The third-order valence-electron chi connectivity index (χ3n) is 3.36. The van der Waals surface area contributed by atoms with Crippen molar-refractivity contribution in [2.75, 3.05) is 0 Å². The van der Waals surface area contributed by atoms with E-state index in [-0.39, 0.29) is 5.82 Å². The van der Waals surface area contributed by atoms with Gasteiger partial charge in [0.15, 0.2) is 0 Å². The first kappa shape index (κ1) is 15.4. The van der Waals surface area contributed by atoms with Crippen molar-refractivity contribution in [3.8, 4) is 0 Å². The molecule has 0 saturated heterocycles. The van der Waals surface area contributed by atoms with E-state index in [0.717, 1.165) is 16.7 Å². The van der Waals surface area contributed by atoms with Crippen molar-refractivity contribution in [2.24, 2.45) is 5.73 Å². The Kier molecular flexibility index (Phi) is 4.25. The second-order valence-corrected chi connectivity index (χ2v) is 6.15. The highest BCUT2D eigenvalue weighted by Crippen LogP contribution is 2.35. The number of hydrogen-bond acceptors (Lipinski definition) is 4. The van der Waals surface area contributed by atoms with E-state index in [0.29, 0.717) is 10.6 Å². The molecule has 1 amide bonds. The largest absolute Gasteiger partial charge is 0.368 e. The van der Waals surface area contributed by atoms with Gasteiger partial charge in [0.05, 0.1) is 16.7 Å². The van der Waals surface area contributed by atoms with Crippen molar-refractivity contribution < 1.29 is 9.18 Å². The lowest BCUT2D eigenvalue weighted by Gasteiger charge is -2.14. The minimum atomic E-state index is -0.648. The van der Waals surface area contributed by atoms with Crippen molar-refractivity contribution in [1.29, 1.82) is 0 Å². The number of halogens is 1. The zero-order chi connectivity index (χ0) is 16.4. The molecule has 116 valence electrons. The van der Waals surface area contributed by atoms with Crippen molar-refractivity contribution >= 4 is 28.7 Å². The number of thioether (sulfide) groups is 1. The number of carbonyl (C=O) groups excluding carboxylic acids is 1. The van der Waals surface area contributed by atoms with Crippen molar-refractivity contribution in [2.45, 2.75) is 17.2 Å². The minimum absolute atomic E-state index is 0.358. The molecule has 0 fully saturated rings. The standard InChI is InChI=1S/C17H14FN3OS/c1-10-17(21-14-5-3-2-4-13(14)20-10)23-15(16(19)22)11-6-8-12(18)9-7-11/h2-9,15H,1H3,(H2,19,22). The predicted molar refractivity (Wildman–Crippen MR) is 88.5 cm³/mol. The molecule has 4 nitrogen and oxygen atoms in total. The first-order valence-electron chi connectivity index (χ1n) is 6.99. The number of aromatic nitrogens is 2. The normalized spacial score (nSPS) is 12.3. The third kappa shape index (κ3) is 3.32. The summed E-state index contributed by atoms with van der Waals surface area (Å²) in [6.07, 6.45) is 0. The maximum atomic E-state index is 13.1. The van der Waals surface area contributed by atoms with Crippen LogP contribution in [-0.2, 0) is 4.79 Å². The highest BCUT2D eigenvalue weighted by Gasteiger charge is 2.21. The lowest BCUT2D eigenvalue weighted by atomic mass is 10.1. The molecule has 0 bridgehead atoms. The molecular weight excluding hydrogens is 313 g/mol. The number of para-hydroxylation sites is 2. The van der Waals surface area contributed by atoms with Crippen LogP contribution >= 0.6 is 11.8 Å². The van der Waals surface area contributed by atoms with Crippen LogP contribution in [0.4, 0.5) is 4.39 Å². The number of hydrogen-bond donors (Lipinski definition) is 1. The Hall–Kier alpha value is -2.47. The van der Waals surface area contributed by atoms with Gasteiger partial charge in [0.2, 0.25) is 5.91 Å². The molecule has 0 aliphatic heterocycles. The number of aryl methyl sites for hydroxylation is 1. The second kappa shape index (κ2) is 6.34. The van der Waals surface area contributed by atoms with Gasteiger partial charge in [-0.1, -0.05) is 36.0 Å². The van der Waals surface area contributed by atoms with Crippen molar-refractivity contribution in [3.63, 3.8) is 0 Å². The Bertz CT molecular complexity index is 867. The molecule has 1 atom stereocenters. The van der Waals surface area contributed by atoms with Crippen LogP contribution in [0.15, 0.2) is 53.6 Å². The number of fused-ring (bicyclic) bond motifs is 1. The molecule has 3 aromatic rings. The van der Waals surface area contributed by atoms with Gasteiger partial charge < -0.3 is 5.73 Å². The van der Waals surface area contributed by atoms with Crippen LogP contribution in [0.5, 0.6) is 0 Å². The Morgan fingerprint density at radius 3 is 2.30 bits per heavy atom. The van der Waals surface area contributed by atoms with E-state index in [1.165, 1.54) is 23.9 Å². The Morgan fingerprint density at radius 1 is 1.09 bits per heavy atom. The van der Waals surface area contributed by atoms with Crippen LogP contribution in [0.25, 0.3) is 11.0 Å². The lowest BCUT2D eigenvalue weighted by Crippen LogP contribution is -2.19. The minimum Gasteiger partial charge on any atom is -0.368 e. The molecule has 1 aromatic heterocycles. The van der Waals surface area contributed by atoms with Gasteiger partial charge in [0, 0.05) is 0 Å². The van der Waals surface area contributed by atoms with Crippen molar-refractivity contribution in [3.05, 3.63) is 65.6 Å². The smallest absolute Gasteiger partial charge is 0.235 e. The number of primary amides is 1. The molecule has 2 N–H and O–H groups in total. The van der Waals surface area contributed by atoms with Gasteiger partial charge in [-0.3, -0.25) is 4.79 Å². The maximum Gasteiger partial charge on any atom is 0.235 e. The van der Waals surface area contributed by atoms with Crippen LogP contribution in [-0.4, -0.2) is 15.9 Å². The Morgan fingerprint density at radius 2 is 1.70 bits per heavy atom. The highest BCUT2D eigenvalue weighted by atomic mass is 32.2. The number of benzene rings is 2. The van der Waals surface area contributed by atoms with Crippen molar-refractivity contribution in [1.82, 2.24) is 9.97 Å². The number of nitrogens with zero attached hydrogens (tertiary/aromatic N) is 2. The first-order chi connectivity index (χ1) is 11.0. The number of nitrogens with two attached hydrogens (primary N) is 1. The molecule has 0 spiro atoms. The summed E-state index contributed by atoms with van der Waals surface area (Å²) in [4.78, 5) is 20.9. The summed E-state index contributed by atoms with van der Waals surface area (Å²) in [6.45, 7) is 1.84. The van der Waals surface area contributed by atoms with E-state index in [4.69, 9.17) is 5.73 Å². The van der Waals surface area contributed by atoms with E-state index in [2.05, 4.69) is 9.97 Å². The zero-order valence-corrected chi connectivity index (χ0v) is 13.2. The summed E-state index contributed by atoms with van der Waals surface area (Å²) in [6, 6.07) is 13.3. The average molecular weight is 327 g/mol. The summed E-state index contributed by atoms with van der Waals surface area (Å²) < 4.78 is 13.1. The molecule has 3 rings (SSSR count). The number of amides is 1. The quantitative estimate of drug-likeness (QED) is 0.746. The first-order valence-corrected chi connectivity index (χ1v) is 7.87. The van der Waals surface area contributed by atoms with Gasteiger partial charge in [0.25, 0.3) is 0 Å². The molecule has 0 aliphatic rings. The number of rotatable bonds is 4. The van der Waals surface area contributed by atoms with Gasteiger partial charge >= 0.3 is 0 Å². The Labute approximate surface area is 136 Å². The second-order valence-electron chi connectivity index (χ2n) is 5.05. The summed E-state index contributed by atoms with van der Waals surface area (Å²) >= 11 is 1.23. The highest BCUT2D eigenvalue weighted by molar-refractivity contribution is 8.00. The monoisotopic (exact) mass is 327 g/mol. The van der Waals surface area contributed by atoms with E-state index in [9.17, 15) is 9.18 Å². The predicted octanol–water partition coefficient (Wildman–Crippen LogP) is 3.40. The molecule has 0 radical (unpaired) electrons. The van der Waals surface area contributed by atoms with Gasteiger partial charge in [-0.2, -0.15) is 0 Å². The topological polar surface area (TPSA) is 68.9 Å². The zero-order valence-electron chi connectivity index (χ0n) is 12.4. The SMILES string of the molecule is Cc1nc2ccccc2nc1SC(C(N)=O)c1ccc(F)cc1. The van der Waals surface area contributed by atoms with E-state index in [1.807, 2.05) is 31.2 Å². The number of carbonyl (C=O) groups is 1. The summed E-state index contributed by atoms with van der Waals surface area (Å²) in [5.41, 5.74) is 8.43. The van der Waals surface area contributed by atoms with E-state index < -0.39 is 11.2 Å². The van der Waals surface area contributed by atoms with Crippen LogP contribution < -0.4 is 5.73 Å². The molecule has 1 unspecified atom stereocenters.